The number of carbonyl (C=O) groups is 1. The van der Waals surface area contributed by atoms with E-state index in [0.717, 1.165) is 25.2 Å². The number of nitrogens with one attached hydrogen (secondary N) is 1. The smallest absolute Gasteiger partial charge is 0.244 e. The van der Waals surface area contributed by atoms with E-state index in [9.17, 15) is 4.79 Å². The quantitative estimate of drug-likeness (QED) is 0.696. The van der Waals surface area contributed by atoms with Crippen LogP contribution in [0.15, 0.2) is 54.6 Å². The number of hydrogen-bond donors (Lipinski definition) is 1. The van der Waals surface area contributed by atoms with Gasteiger partial charge in [-0.3, -0.25) is 9.69 Å². The Morgan fingerprint density at radius 1 is 1.21 bits per heavy atom. The summed E-state index contributed by atoms with van der Waals surface area (Å²) in [6.45, 7) is 3.74. The Labute approximate surface area is 172 Å². The molecule has 1 aliphatic heterocycles. The van der Waals surface area contributed by atoms with Crippen molar-refractivity contribution in [2.24, 2.45) is 0 Å². The van der Waals surface area contributed by atoms with E-state index < -0.39 is 0 Å². The van der Waals surface area contributed by atoms with Crippen molar-refractivity contribution in [2.45, 2.75) is 12.6 Å². The minimum Gasteiger partial charge on any atom is -0.497 e. The Morgan fingerprint density at radius 3 is 2.79 bits per heavy atom. The summed E-state index contributed by atoms with van der Waals surface area (Å²) in [5.74, 6) is 1.20. The number of methoxy groups -OCH3 is 2. The number of ether oxygens (including phenoxy) is 3. The topological polar surface area (TPSA) is 60.0 Å². The molecule has 0 aliphatic carbocycles. The van der Waals surface area contributed by atoms with E-state index in [1.165, 1.54) is 11.6 Å². The van der Waals surface area contributed by atoms with E-state index in [-0.39, 0.29) is 12.0 Å². The standard InChI is InChI=1S/C23H28N2O4/c1-27-20-10-8-19(22(14-20)28-2)9-11-23(26)24-15-21-17-25(12-13-29-21)16-18-6-4-3-5-7-18/h3-11,14,21H,12-13,15-17H2,1-2H3,(H,24,26)/b11-9+. The number of carbonyl (C=O) groups excluding carboxylic acids is 1. The van der Waals surface area contributed by atoms with Crippen molar-refractivity contribution in [1.29, 1.82) is 0 Å². The van der Waals surface area contributed by atoms with Crippen molar-refractivity contribution < 1.29 is 19.0 Å². The number of nitrogens with zero attached hydrogens (tertiary/aromatic N) is 1. The summed E-state index contributed by atoms with van der Waals surface area (Å²) < 4.78 is 16.3. The highest BCUT2D eigenvalue weighted by atomic mass is 16.5. The van der Waals surface area contributed by atoms with Gasteiger partial charge in [-0.25, -0.2) is 0 Å². The van der Waals surface area contributed by atoms with Gasteiger partial charge < -0.3 is 19.5 Å². The molecule has 0 aromatic heterocycles. The maximum Gasteiger partial charge on any atom is 0.244 e. The average molecular weight is 396 g/mol. The van der Waals surface area contributed by atoms with Gasteiger partial charge in [0.2, 0.25) is 5.91 Å². The molecule has 6 nitrogen and oxygen atoms in total. The van der Waals surface area contributed by atoms with Crippen molar-refractivity contribution in [2.75, 3.05) is 40.5 Å². The largest absolute Gasteiger partial charge is 0.497 e. The highest BCUT2D eigenvalue weighted by molar-refractivity contribution is 5.92. The summed E-state index contributed by atoms with van der Waals surface area (Å²) in [5, 5.41) is 2.92. The summed E-state index contributed by atoms with van der Waals surface area (Å²) in [4.78, 5) is 14.6. The molecule has 0 spiro atoms. The minimum atomic E-state index is -0.161. The van der Waals surface area contributed by atoms with Crippen LogP contribution in [0.25, 0.3) is 6.08 Å². The molecule has 2 aromatic rings. The molecule has 6 heteroatoms. The third-order valence-corrected chi connectivity index (χ3v) is 4.83. The second kappa shape index (κ2) is 10.6. The highest BCUT2D eigenvalue weighted by Crippen LogP contribution is 2.25. The van der Waals surface area contributed by atoms with E-state index in [2.05, 4.69) is 34.5 Å². The Morgan fingerprint density at radius 2 is 2.03 bits per heavy atom. The Hall–Kier alpha value is -2.83. The van der Waals surface area contributed by atoms with Crippen LogP contribution in [0.5, 0.6) is 11.5 Å². The lowest BCUT2D eigenvalue weighted by molar-refractivity contribution is -0.117. The molecular weight excluding hydrogens is 368 g/mol. The molecule has 1 unspecified atom stereocenters. The van der Waals surface area contributed by atoms with E-state index in [0.29, 0.717) is 24.7 Å². The van der Waals surface area contributed by atoms with Crippen LogP contribution in [-0.2, 0) is 16.1 Å². The van der Waals surface area contributed by atoms with Gasteiger partial charge in [0.1, 0.15) is 11.5 Å². The van der Waals surface area contributed by atoms with Crippen molar-refractivity contribution >= 4 is 12.0 Å². The molecule has 3 rings (SSSR count). The molecule has 0 saturated carbocycles. The lowest BCUT2D eigenvalue weighted by Gasteiger charge is -2.33. The summed E-state index contributed by atoms with van der Waals surface area (Å²) in [5.41, 5.74) is 2.10. The molecule has 29 heavy (non-hydrogen) atoms. The third-order valence-electron chi connectivity index (χ3n) is 4.83. The van der Waals surface area contributed by atoms with Crippen LogP contribution in [0.1, 0.15) is 11.1 Å². The fraction of sp³-hybridized carbons (Fsp3) is 0.348. The Kier molecular flexibility index (Phi) is 7.67. The van der Waals surface area contributed by atoms with Gasteiger partial charge in [-0.1, -0.05) is 30.3 Å². The second-order valence-corrected chi connectivity index (χ2v) is 6.90. The maximum atomic E-state index is 12.2. The lowest BCUT2D eigenvalue weighted by Crippen LogP contribution is -2.46. The molecule has 0 radical (unpaired) electrons. The van der Waals surface area contributed by atoms with Gasteiger partial charge in [0, 0.05) is 43.9 Å². The molecule has 0 bridgehead atoms. The van der Waals surface area contributed by atoms with Crippen LogP contribution in [-0.4, -0.2) is 57.4 Å². The molecule has 154 valence electrons. The second-order valence-electron chi connectivity index (χ2n) is 6.90. The molecule has 1 atom stereocenters. The first kappa shape index (κ1) is 20.9. The lowest BCUT2D eigenvalue weighted by atomic mass is 10.1. The molecule has 1 heterocycles. The van der Waals surface area contributed by atoms with Crippen molar-refractivity contribution in [3.05, 3.63) is 65.7 Å². The average Bonchev–Trinajstić information content (AvgIpc) is 2.77. The Balaban J connectivity index is 1.48. The predicted octanol–water partition coefficient (Wildman–Crippen LogP) is 2.73. The van der Waals surface area contributed by atoms with Gasteiger partial charge >= 0.3 is 0 Å². The molecule has 2 aromatic carbocycles. The zero-order valence-electron chi connectivity index (χ0n) is 17.0. The van der Waals surface area contributed by atoms with E-state index >= 15 is 0 Å². The summed E-state index contributed by atoms with van der Waals surface area (Å²) in [7, 11) is 3.19. The first-order valence-corrected chi connectivity index (χ1v) is 9.73. The third kappa shape index (κ3) is 6.34. The molecule has 1 N–H and O–H groups in total. The van der Waals surface area contributed by atoms with Crippen LogP contribution < -0.4 is 14.8 Å². The predicted molar refractivity (Wildman–Crippen MR) is 113 cm³/mol. The van der Waals surface area contributed by atoms with Crippen molar-refractivity contribution in [3.8, 4) is 11.5 Å². The number of amides is 1. The van der Waals surface area contributed by atoms with E-state index in [1.54, 1.807) is 26.4 Å². The zero-order valence-corrected chi connectivity index (χ0v) is 17.0. The van der Waals surface area contributed by atoms with E-state index in [4.69, 9.17) is 14.2 Å². The molecule has 1 saturated heterocycles. The SMILES string of the molecule is COc1ccc(/C=C/C(=O)NCC2CN(Cc3ccccc3)CCO2)c(OC)c1. The molecular formula is C23H28N2O4. The van der Waals surface area contributed by atoms with Crippen LogP contribution in [0.2, 0.25) is 0 Å². The van der Waals surface area contributed by atoms with Gasteiger partial charge in [0.05, 0.1) is 26.9 Å². The van der Waals surface area contributed by atoms with E-state index in [1.807, 2.05) is 18.2 Å². The van der Waals surface area contributed by atoms with Crippen molar-refractivity contribution in [1.82, 2.24) is 10.2 Å². The van der Waals surface area contributed by atoms with Gasteiger partial charge in [-0.2, -0.15) is 0 Å². The van der Waals surface area contributed by atoms with Crippen LogP contribution >= 0.6 is 0 Å². The molecule has 1 fully saturated rings. The first-order chi connectivity index (χ1) is 14.2. The highest BCUT2D eigenvalue weighted by Gasteiger charge is 2.20. The number of morpholine rings is 1. The monoisotopic (exact) mass is 396 g/mol. The van der Waals surface area contributed by atoms with Crippen LogP contribution in [0, 0.1) is 0 Å². The van der Waals surface area contributed by atoms with Gasteiger partial charge in [-0.15, -0.1) is 0 Å². The minimum absolute atomic E-state index is 0.0136. The number of rotatable bonds is 8. The Bertz CT molecular complexity index is 823. The molecule has 1 aliphatic rings. The zero-order chi connectivity index (χ0) is 20.5. The first-order valence-electron chi connectivity index (χ1n) is 9.73. The number of hydrogen-bond acceptors (Lipinski definition) is 5. The van der Waals surface area contributed by atoms with Crippen LogP contribution in [0.4, 0.5) is 0 Å². The fourth-order valence-corrected chi connectivity index (χ4v) is 3.28. The summed E-state index contributed by atoms with van der Waals surface area (Å²) in [6, 6.07) is 15.9. The van der Waals surface area contributed by atoms with Gasteiger partial charge in [0.15, 0.2) is 0 Å². The summed E-state index contributed by atoms with van der Waals surface area (Å²) in [6.07, 6.45) is 3.23. The van der Waals surface area contributed by atoms with Crippen molar-refractivity contribution in [3.63, 3.8) is 0 Å². The number of benzene rings is 2. The summed E-state index contributed by atoms with van der Waals surface area (Å²) >= 11 is 0. The molecule has 1 amide bonds. The van der Waals surface area contributed by atoms with Crippen LogP contribution in [0.3, 0.4) is 0 Å². The van der Waals surface area contributed by atoms with Gasteiger partial charge in [-0.05, 0) is 23.8 Å². The maximum absolute atomic E-state index is 12.2. The van der Waals surface area contributed by atoms with Gasteiger partial charge in [0.25, 0.3) is 0 Å². The fourth-order valence-electron chi connectivity index (χ4n) is 3.28. The normalized spacial score (nSPS) is 17.2.